The summed E-state index contributed by atoms with van der Waals surface area (Å²) in [4.78, 5) is 13.3. The second-order valence-corrected chi connectivity index (χ2v) is 4.05. The lowest BCUT2D eigenvalue weighted by Gasteiger charge is -2.30. The largest absolute Gasteiger partial charge is 0.339 e. The molecule has 0 aromatic heterocycles. The van der Waals surface area contributed by atoms with E-state index in [9.17, 15) is 4.79 Å². The lowest BCUT2D eigenvalue weighted by molar-refractivity contribution is -0.131. The third-order valence-corrected chi connectivity index (χ3v) is 2.98. The summed E-state index contributed by atoms with van der Waals surface area (Å²) in [5, 5.41) is 8.89. The molecule has 3 heteroatoms. The van der Waals surface area contributed by atoms with Crippen LogP contribution < -0.4 is 0 Å². The monoisotopic (exact) mass is 194 g/mol. The van der Waals surface area contributed by atoms with Gasteiger partial charge in [0.2, 0.25) is 5.91 Å². The van der Waals surface area contributed by atoms with E-state index < -0.39 is 0 Å². The van der Waals surface area contributed by atoms with E-state index in [0.717, 1.165) is 25.8 Å². The standard InChI is InChI=1S/C11H18N2O/c1-9(8-12)11-6-4-3-5-7-13(11)10(2)14/h9,11H,3-7H2,1-2H3. The first-order valence-electron chi connectivity index (χ1n) is 5.33. The van der Waals surface area contributed by atoms with E-state index in [0.29, 0.717) is 0 Å². The lowest BCUT2D eigenvalue weighted by atomic mass is 9.97. The first-order valence-corrected chi connectivity index (χ1v) is 5.33. The predicted molar refractivity (Wildman–Crippen MR) is 54.4 cm³/mol. The molecule has 1 fully saturated rings. The van der Waals surface area contributed by atoms with Gasteiger partial charge >= 0.3 is 0 Å². The van der Waals surface area contributed by atoms with E-state index in [1.807, 2.05) is 11.8 Å². The molecule has 2 unspecified atom stereocenters. The number of hydrogen-bond donors (Lipinski definition) is 0. The van der Waals surface area contributed by atoms with Gasteiger partial charge in [0.1, 0.15) is 0 Å². The molecular weight excluding hydrogens is 176 g/mol. The first-order chi connectivity index (χ1) is 6.66. The van der Waals surface area contributed by atoms with Crippen LogP contribution >= 0.6 is 0 Å². The first kappa shape index (κ1) is 11.0. The minimum atomic E-state index is -0.0444. The molecule has 0 bridgehead atoms. The topological polar surface area (TPSA) is 44.1 Å². The molecule has 1 saturated heterocycles. The molecule has 0 N–H and O–H groups in total. The van der Waals surface area contributed by atoms with E-state index >= 15 is 0 Å². The van der Waals surface area contributed by atoms with Crippen molar-refractivity contribution >= 4 is 5.91 Å². The summed E-state index contributed by atoms with van der Waals surface area (Å²) in [5.74, 6) is 0.0657. The highest BCUT2D eigenvalue weighted by molar-refractivity contribution is 5.73. The molecule has 1 amide bonds. The predicted octanol–water partition coefficient (Wildman–Crippen LogP) is 1.94. The molecular formula is C11H18N2O. The van der Waals surface area contributed by atoms with Crippen LogP contribution in [-0.2, 0) is 4.79 Å². The van der Waals surface area contributed by atoms with Gasteiger partial charge in [0.05, 0.1) is 12.0 Å². The number of likely N-dealkylation sites (tertiary alicyclic amines) is 1. The number of nitrogens with zero attached hydrogens (tertiary/aromatic N) is 2. The highest BCUT2D eigenvalue weighted by Crippen LogP contribution is 2.22. The Morgan fingerprint density at radius 2 is 2.21 bits per heavy atom. The van der Waals surface area contributed by atoms with Gasteiger partial charge in [-0.3, -0.25) is 4.79 Å². The minimum Gasteiger partial charge on any atom is -0.339 e. The molecule has 0 radical (unpaired) electrons. The van der Waals surface area contributed by atoms with Gasteiger partial charge in [-0.25, -0.2) is 0 Å². The second kappa shape index (κ2) is 4.99. The molecule has 1 rings (SSSR count). The molecule has 2 atom stereocenters. The van der Waals surface area contributed by atoms with Crippen molar-refractivity contribution in [2.75, 3.05) is 6.54 Å². The van der Waals surface area contributed by atoms with E-state index in [-0.39, 0.29) is 17.9 Å². The van der Waals surface area contributed by atoms with Crippen molar-refractivity contribution in [2.24, 2.45) is 5.92 Å². The maximum atomic E-state index is 11.4. The second-order valence-electron chi connectivity index (χ2n) is 4.05. The van der Waals surface area contributed by atoms with Crippen LogP contribution in [0.4, 0.5) is 0 Å². The number of carbonyl (C=O) groups excluding carboxylic acids is 1. The van der Waals surface area contributed by atoms with Crippen LogP contribution in [0.1, 0.15) is 39.5 Å². The van der Waals surface area contributed by atoms with Crippen molar-refractivity contribution < 1.29 is 4.79 Å². The quantitative estimate of drug-likeness (QED) is 0.640. The van der Waals surface area contributed by atoms with Crippen LogP contribution in [0.5, 0.6) is 0 Å². The smallest absolute Gasteiger partial charge is 0.219 e. The molecule has 0 spiro atoms. The van der Waals surface area contributed by atoms with Gasteiger partial charge in [0.25, 0.3) is 0 Å². The van der Waals surface area contributed by atoms with Gasteiger partial charge in [-0.05, 0) is 19.8 Å². The molecule has 0 aliphatic carbocycles. The summed E-state index contributed by atoms with van der Waals surface area (Å²) in [6, 6.07) is 2.39. The van der Waals surface area contributed by atoms with Crippen LogP contribution in [0.15, 0.2) is 0 Å². The Morgan fingerprint density at radius 3 is 2.79 bits per heavy atom. The van der Waals surface area contributed by atoms with Crippen molar-refractivity contribution in [3.63, 3.8) is 0 Å². The Kier molecular flexibility index (Phi) is 3.94. The lowest BCUT2D eigenvalue weighted by Crippen LogP contribution is -2.42. The number of carbonyl (C=O) groups is 1. The summed E-state index contributed by atoms with van der Waals surface area (Å²) in [5.41, 5.74) is 0. The van der Waals surface area contributed by atoms with Crippen molar-refractivity contribution in [3.05, 3.63) is 0 Å². The van der Waals surface area contributed by atoms with Crippen molar-refractivity contribution in [2.45, 2.75) is 45.6 Å². The Balaban J connectivity index is 2.74. The van der Waals surface area contributed by atoms with Crippen LogP contribution in [0.2, 0.25) is 0 Å². The van der Waals surface area contributed by atoms with E-state index in [1.165, 1.54) is 6.42 Å². The maximum Gasteiger partial charge on any atom is 0.219 e. The van der Waals surface area contributed by atoms with Gasteiger partial charge in [-0.2, -0.15) is 5.26 Å². The molecule has 1 aliphatic heterocycles. The minimum absolute atomic E-state index is 0.0444. The highest BCUT2D eigenvalue weighted by Gasteiger charge is 2.27. The Bertz CT molecular complexity index is 244. The van der Waals surface area contributed by atoms with Crippen LogP contribution in [-0.4, -0.2) is 23.4 Å². The summed E-state index contributed by atoms with van der Waals surface area (Å²) in [6.07, 6.45) is 4.38. The third kappa shape index (κ3) is 2.47. The van der Waals surface area contributed by atoms with Crippen molar-refractivity contribution in [3.8, 4) is 6.07 Å². The Hall–Kier alpha value is -1.04. The molecule has 0 saturated carbocycles. The molecule has 78 valence electrons. The van der Waals surface area contributed by atoms with Gasteiger partial charge in [-0.15, -0.1) is 0 Å². The van der Waals surface area contributed by atoms with Gasteiger partial charge in [0, 0.05) is 19.5 Å². The fourth-order valence-corrected chi connectivity index (χ4v) is 2.13. The molecule has 1 heterocycles. The molecule has 14 heavy (non-hydrogen) atoms. The fraction of sp³-hybridized carbons (Fsp3) is 0.818. The highest BCUT2D eigenvalue weighted by atomic mass is 16.2. The summed E-state index contributed by atoms with van der Waals surface area (Å²) < 4.78 is 0. The molecule has 0 aromatic rings. The van der Waals surface area contributed by atoms with Crippen LogP contribution in [0.3, 0.4) is 0 Å². The number of amides is 1. The van der Waals surface area contributed by atoms with E-state index in [4.69, 9.17) is 5.26 Å². The Labute approximate surface area is 85.7 Å². The van der Waals surface area contributed by atoms with Gasteiger partial charge < -0.3 is 4.90 Å². The van der Waals surface area contributed by atoms with Crippen molar-refractivity contribution in [1.82, 2.24) is 4.90 Å². The zero-order valence-corrected chi connectivity index (χ0v) is 8.99. The van der Waals surface area contributed by atoms with Crippen LogP contribution in [0, 0.1) is 17.2 Å². The number of nitriles is 1. The number of hydrogen-bond acceptors (Lipinski definition) is 2. The van der Waals surface area contributed by atoms with E-state index in [2.05, 4.69) is 6.07 Å². The fourth-order valence-electron chi connectivity index (χ4n) is 2.13. The van der Waals surface area contributed by atoms with Crippen LogP contribution in [0.25, 0.3) is 0 Å². The average Bonchev–Trinajstić information content (AvgIpc) is 2.41. The molecule has 0 aromatic carbocycles. The summed E-state index contributed by atoms with van der Waals surface area (Å²) >= 11 is 0. The molecule has 3 nitrogen and oxygen atoms in total. The SMILES string of the molecule is CC(=O)N1CCCCCC1C(C)C#N. The number of rotatable bonds is 1. The van der Waals surface area contributed by atoms with Crippen molar-refractivity contribution in [1.29, 1.82) is 5.26 Å². The normalized spacial score (nSPS) is 24.9. The van der Waals surface area contributed by atoms with Gasteiger partial charge in [0.15, 0.2) is 0 Å². The zero-order valence-electron chi connectivity index (χ0n) is 8.99. The molecule has 1 aliphatic rings. The van der Waals surface area contributed by atoms with Gasteiger partial charge in [-0.1, -0.05) is 12.8 Å². The Morgan fingerprint density at radius 1 is 1.50 bits per heavy atom. The maximum absolute atomic E-state index is 11.4. The van der Waals surface area contributed by atoms with E-state index in [1.54, 1.807) is 6.92 Å². The third-order valence-electron chi connectivity index (χ3n) is 2.98. The average molecular weight is 194 g/mol. The summed E-state index contributed by atoms with van der Waals surface area (Å²) in [7, 11) is 0. The zero-order chi connectivity index (χ0) is 10.6. The summed E-state index contributed by atoms with van der Waals surface area (Å²) in [6.45, 7) is 4.33.